The van der Waals surface area contributed by atoms with Gasteiger partial charge in [-0.2, -0.15) is 45.4 Å². The van der Waals surface area contributed by atoms with Crippen LogP contribution in [0.2, 0.25) is 0 Å². The Morgan fingerprint density at radius 3 is 1.88 bits per heavy atom. The lowest BCUT2D eigenvalue weighted by Gasteiger charge is -2.07. The van der Waals surface area contributed by atoms with E-state index in [4.69, 9.17) is 11.0 Å². The highest BCUT2D eigenvalue weighted by molar-refractivity contribution is 7.94. The maximum Gasteiger partial charge on any atom is 0.295 e. The van der Waals surface area contributed by atoms with E-state index < -0.39 is 40.1 Å². The van der Waals surface area contributed by atoms with E-state index in [-0.39, 0.29) is 38.8 Å². The van der Waals surface area contributed by atoms with E-state index in [0.29, 0.717) is 48.8 Å². The summed E-state index contributed by atoms with van der Waals surface area (Å²) in [6, 6.07) is 29.8. The van der Waals surface area contributed by atoms with Gasteiger partial charge in [0.15, 0.2) is 0 Å². The summed E-state index contributed by atoms with van der Waals surface area (Å²) >= 11 is 0.733. The molecule has 1 aromatic heterocycles. The van der Waals surface area contributed by atoms with Gasteiger partial charge >= 0.3 is 0 Å². The molecular weight excluding hydrogens is 913 g/mol. The highest BCUT2D eigenvalue weighted by atomic mass is 32.2. The lowest BCUT2D eigenvalue weighted by molar-refractivity contribution is -0.432. The largest absolute Gasteiger partial charge is 0.397 e. The molecule has 0 aliphatic carbocycles. The molecule has 0 saturated heterocycles. The van der Waals surface area contributed by atoms with Gasteiger partial charge in [0.05, 0.1) is 45.4 Å². The molecule has 0 aliphatic heterocycles. The number of benzene rings is 7. The average Bonchev–Trinajstić information content (AvgIpc) is 3.70. The molecule has 6 N–H and O–H groups in total. The van der Waals surface area contributed by atoms with Crippen LogP contribution in [0.1, 0.15) is 11.1 Å². The summed E-state index contributed by atoms with van der Waals surface area (Å²) in [6.07, 6.45) is 2.46. The fraction of sp³-hybridized carbons (Fsp3) is 0. The summed E-state index contributed by atoms with van der Waals surface area (Å²) in [4.78, 5) is 0.282. The molecule has 1 heterocycles. The van der Waals surface area contributed by atoms with Crippen molar-refractivity contribution in [3.05, 3.63) is 132 Å². The van der Waals surface area contributed by atoms with Gasteiger partial charge in [0.25, 0.3) is 30.4 Å². The standard InChI is InChI=1S/C40H28N8O12S4/c41-34-18-9-25-19-30(62(50,51)52)16-17-31(25)39(34)45-43-27-13-11-26(12-14-27)42-44-28-10-7-23(37(20-28)63(53,54)55)5-6-24-8-15-29(21-38(24)64(56,57)58)48-46-35-22-36(61-60-59-49)32-3-1-2-4-33(32)40(35)47-48/h1-22,49H,41H2,(H,50,51,52)(H,53,54,55)(H,56,57,58). The molecule has 324 valence electrons. The molecule has 0 unspecified atom stereocenters. The van der Waals surface area contributed by atoms with Crippen LogP contribution in [-0.4, -0.2) is 59.2 Å². The molecule has 0 radical (unpaired) electrons. The van der Waals surface area contributed by atoms with Crippen LogP contribution in [0.15, 0.2) is 161 Å². The minimum absolute atomic E-state index is 0.0342. The molecule has 7 aromatic carbocycles. The van der Waals surface area contributed by atoms with Crippen LogP contribution in [-0.2, 0) is 39.7 Å². The van der Waals surface area contributed by atoms with E-state index in [9.17, 15) is 38.9 Å². The number of nitrogen functional groups attached to an aromatic ring is 1. The number of rotatable bonds is 13. The van der Waals surface area contributed by atoms with E-state index in [1.54, 1.807) is 60.7 Å². The molecule has 0 fully saturated rings. The van der Waals surface area contributed by atoms with E-state index >= 15 is 0 Å². The van der Waals surface area contributed by atoms with E-state index in [1.807, 2.05) is 0 Å². The Balaban J connectivity index is 1.03. The number of hydrogen-bond donors (Lipinski definition) is 5. The van der Waals surface area contributed by atoms with E-state index in [1.165, 1.54) is 65.5 Å². The highest BCUT2D eigenvalue weighted by Gasteiger charge is 2.20. The minimum Gasteiger partial charge on any atom is -0.397 e. The Morgan fingerprint density at radius 2 is 1.22 bits per heavy atom. The molecule has 20 nitrogen and oxygen atoms in total. The molecule has 0 saturated carbocycles. The predicted octanol–water partition coefficient (Wildman–Crippen LogP) is 9.48. The van der Waals surface area contributed by atoms with Crippen molar-refractivity contribution < 1.29 is 53.5 Å². The van der Waals surface area contributed by atoms with E-state index in [0.717, 1.165) is 24.2 Å². The second kappa shape index (κ2) is 17.4. The zero-order valence-electron chi connectivity index (χ0n) is 32.1. The number of aromatic nitrogens is 3. The summed E-state index contributed by atoms with van der Waals surface area (Å²) in [5.74, 6) is 0. The lowest BCUT2D eigenvalue weighted by atomic mass is 10.1. The monoisotopic (exact) mass is 940 g/mol. The van der Waals surface area contributed by atoms with Gasteiger partial charge in [-0.05, 0) is 89.3 Å². The highest BCUT2D eigenvalue weighted by Crippen LogP contribution is 2.36. The fourth-order valence-corrected chi connectivity index (χ4v) is 8.93. The molecule has 0 bridgehead atoms. The second-order valence-corrected chi connectivity index (χ2v) is 18.5. The molecule has 8 aromatic rings. The predicted molar refractivity (Wildman–Crippen MR) is 235 cm³/mol. The van der Waals surface area contributed by atoms with Crippen LogP contribution in [0.4, 0.5) is 28.4 Å². The zero-order chi connectivity index (χ0) is 45.4. The number of fused-ring (bicyclic) bond motifs is 4. The summed E-state index contributed by atoms with van der Waals surface area (Å²) in [6.45, 7) is 0. The maximum absolute atomic E-state index is 12.6. The van der Waals surface area contributed by atoms with Crippen LogP contribution >= 0.6 is 12.0 Å². The third-order valence-corrected chi connectivity index (χ3v) is 12.7. The number of nitrogens with zero attached hydrogens (tertiary/aromatic N) is 7. The molecule has 0 spiro atoms. The van der Waals surface area contributed by atoms with Gasteiger partial charge in [-0.15, -0.1) is 19.6 Å². The third kappa shape index (κ3) is 9.41. The van der Waals surface area contributed by atoms with Crippen molar-refractivity contribution in [1.82, 2.24) is 15.0 Å². The van der Waals surface area contributed by atoms with Crippen LogP contribution in [0.25, 0.3) is 50.4 Å². The molecular formula is C40H28N8O12S4. The van der Waals surface area contributed by atoms with Crippen molar-refractivity contribution in [3.8, 4) is 5.69 Å². The number of anilines is 1. The smallest absolute Gasteiger partial charge is 0.295 e. The number of nitrogens with two attached hydrogens (primary N) is 1. The Hall–Kier alpha value is -6.84. The van der Waals surface area contributed by atoms with Gasteiger partial charge in [-0.3, -0.25) is 13.7 Å². The Kier molecular flexibility index (Phi) is 11.9. The molecule has 0 amide bonds. The van der Waals surface area contributed by atoms with Gasteiger partial charge in [0.1, 0.15) is 26.5 Å². The molecule has 0 aliphatic rings. The van der Waals surface area contributed by atoms with Crippen molar-refractivity contribution >= 4 is 116 Å². The molecule has 0 atom stereocenters. The van der Waals surface area contributed by atoms with Crippen LogP contribution in [0, 0.1) is 0 Å². The van der Waals surface area contributed by atoms with Crippen molar-refractivity contribution in [2.24, 2.45) is 20.5 Å². The Labute approximate surface area is 366 Å². The Morgan fingerprint density at radius 1 is 0.609 bits per heavy atom. The maximum atomic E-state index is 12.6. The summed E-state index contributed by atoms with van der Waals surface area (Å²) in [7, 11) is -14.2. The normalized spacial score (nSPS) is 12.8. The molecule has 24 heteroatoms. The summed E-state index contributed by atoms with van der Waals surface area (Å²) in [5, 5.41) is 40.4. The van der Waals surface area contributed by atoms with Crippen LogP contribution < -0.4 is 5.73 Å². The molecule has 8 rings (SSSR count). The van der Waals surface area contributed by atoms with Gasteiger partial charge in [0, 0.05) is 21.1 Å². The van der Waals surface area contributed by atoms with Crippen molar-refractivity contribution in [2.75, 3.05) is 5.73 Å². The Bertz CT molecular complexity index is 3600. The SMILES string of the molecule is Nc1ccc2cc(S(=O)(=O)O)ccc2c1N=Nc1ccc(N=Nc2ccc(C=Cc3ccc(-n4nc5cc(SOOO)c6ccccc6c5n4)cc3S(=O)(=O)O)c(S(=O)(=O)O)c2)cc1. The van der Waals surface area contributed by atoms with E-state index in [2.05, 4.69) is 40.0 Å². The van der Waals surface area contributed by atoms with Crippen LogP contribution in [0.5, 0.6) is 0 Å². The first-order valence-corrected chi connectivity index (χ1v) is 23.1. The first kappa shape index (κ1) is 43.8. The topological polar surface area (TPSA) is 308 Å². The first-order valence-electron chi connectivity index (χ1n) is 18.0. The van der Waals surface area contributed by atoms with Crippen molar-refractivity contribution in [3.63, 3.8) is 0 Å². The lowest BCUT2D eigenvalue weighted by Crippen LogP contribution is -2.05. The minimum atomic E-state index is -4.88. The number of azo groups is 2. The van der Waals surface area contributed by atoms with Gasteiger partial charge in [-0.25, -0.2) is 5.26 Å². The van der Waals surface area contributed by atoms with Crippen LogP contribution in [0.3, 0.4) is 0 Å². The summed E-state index contributed by atoms with van der Waals surface area (Å²) in [5.41, 5.74) is 8.30. The van der Waals surface area contributed by atoms with Gasteiger partial charge in [0.2, 0.25) is 0 Å². The van der Waals surface area contributed by atoms with Crippen molar-refractivity contribution in [1.29, 1.82) is 0 Å². The van der Waals surface area contributed by atoms with Crippen molar-refractivity contribution in [2.45, 2.75) is 19.6 Å². The average molecular weight is 941 g/mol. The summed E-state index contributed by atoms with van der Waals surface area (Å²) < 4.78 is 108. The third-order valence-electron chi connectivity index (χ3n) is 9.42. The molecule has 64 heavy (non-hydrogen) atoms. The van der Waals surface area contributed by atoms with Gasteiger partial charge in [-0.1, -0.05) is 65.7 Å². The number of hydrogen-bond acceptors (Lipinski definition) is 17. The quantitative estimate of drug-likeness (QED) is 0.0137. The second-order valence-electron chi connectivity index (χ2n) is 13.5. The first-order chi connectivity index (χ1) is 30.5. The fourth-order valence-electron chi connectivity index (χ4n) is 6.47. The zero-order valence-corrected chi connectivity index (χ0v) is 35.4. The van der Waals surface area contributed by atoms with Gasteiger partial charge < -0.3 is 5.73 Å².